The molecule has 0 bridgehead atoms. The van der Waals surface area contributed by atoms with Crippen LogP contribution in [0.15, 0.2) is 10.6 Å². The van der Waals surface area contributed by atoms with Crippen molar-refractivity contribution in [3.63, 3.8) is 0 Å². The van der Waals surface area contributed by atoms with Crippen molar-refractivity contribution in [2.75, 3.05) is 32.1 Å². The van der Waals surface area contributed by atoms with E-state index in [4.69, 9.17) is 9.26 Å². The van der Waals surface area contributed by atoms with E-state index in [2.05, 4.69) is 17.4 Å². The lowest BCUT2D eigenvalue weighted by atomic mass is 9.88. The molecule has 0 radical (unpaired) electrons. The van der Waals surface area contributed by atoms with Gasteiger partial charge in [-0.25, -0.2) is 0 Å². The molecule has 0 unspecified atom stereocenters. The highest BCUT2D eigenvalue weighted by Crippen LogP contribution is 2.26. The van der Waals surface area contributed by atoms with Crippen LogP contribution in [0.3, 0.4) is 0 Å². The second-order valence-corrected chi connectivity index (χ2v) is 6.28. The summed E-state index contributed by atoms with van der Waals surface area (Å²) in [5.41, 5.74) is 0. The molecule has 1 fully saturated rings. The van der Waals surface area contributed by atoms with Crippen molar-refractivity contribution in [3.8, 4) is 0 Å². The lowest BCUT2D eigenvalue weighted by molar-refractivity contribution is -0.117. The number of rotatable bonds is 7. The number of nitrogens with one attached hydrogen (secondary N) is 1. The number of carbonyl (C=O) groups is 1. The van der Waals surface area contributed by atoms with Crippen LogP contribution >= 0.6 is 0 Å². The maximum Gasteiger partial charge on any atom is 0.239 e. The molecule has 1 saturated carbocycles. The summed E-state index contributed by atoms with van der Waals surface area (Å²) in [6, 6.07) is 1.70. The van der Waals surface area contributed by atoms with Crippen molar-refractivity contribution in [1.29, 1.82) is 0 Å². The maximum absolute atomic E-state index is 11.9. The van der Waals surface area contributed by atoms with Gasteiger partial charge in [-0.3, -0.25) is 9.69 Å². The number of hydrogen-bond donors (Lipinski definition) is 1. The number of ether oxygens (including phenoxy) is 1. The highest BCUT2D eigenvalue weighted by atomic mass is 16.5. The minimum Gasteiger partial charge on any atom is -0.377 e. The van der Waals surface area contributed by atoms with Gasteiger partial charge in [0.1, 0.15) is 5.76 Å². The monoisotopic (exact) mass is 309 g/mol. The van der Waals surface area contributed by atoms with Crippen LogP contribution in [-0.4, -0.2) is 48.8 Å². The second-order valence-electron chi connectivity index (χ2n) is 6.28. The Labute approximate surface area is 132 Å². The van der Waals surface area contributed by atoms with Crippen LogP contribution in [0.5, 0.6) is 0 Å². The van der Waals surface area contributed by atoms with Gasteiger partial charge >= 0.3 is 0 Å². The van der Waals surface area contributed by atoms with Gasteiger partial charge in [-0.15, -0.1) is 0 Å². The maximum atomic E-state index is 11.9. The van der Waals surface area contributed by atoms with Gasteiger partial charge < -0.3 is 14.6 Å². The third-order valence-electron chi connectivity index (χ3n) is 4.15. The van der Waals surface area contributed by atoms with E-state index < -0.39 is 0 Å². The fraction of sp³-hybridized carbons (Fsp3) is 0.750. The summed E-state index contributed by atoms with van der Waals surface area (Å²) in [5.74, 6) is 1.70. The Balaban J connectivity index is 1.62. The average molecular weight is 309 g/mol. The number of nitrogens with zero attached hydrogens (tertiary/aromatic N) is 2. The van der Waals surface area contributed by atoms with Crippen LogP contribution in [0.4, 0.5) is 5.82 Å². The molecule has 1 aromatic rings. The highest BCUT2D eigenvalue weighted by Gasteiger charge is 2.21. The molecule has 2 atom stereocenters. The van der Waals surface area contributed by atoms with E-state index in [1.165, 1.54) is 19.3 Å². The van der Waals surface area contributed by atoms with Gasteiger partial charge in [-0.1, -0.05) is 24.9 Å². The third kappa shape index (κ3) is 5.42. The molecule has 1 aliphatic carbocycles. The largest absolute Gasteiger partial charge is 0.377 e. The zero-order valence-electron chi connectivity index (χ0n) is 13.8. The van der Waals surface area contributed by atoms with Crippen molar-refractivity contribution < 1.29 is 14.1 Å². The number of likely N-dealkylation sites (N-methyl/N-ethyl adjacent to an activating group) is 1. The normalized spacial score (nSPS) is 22.0. The van der Waals surface area contributed by atoms with Crippen LogP contribution in [0.2, 0.25) is 0 Å². The number of amides is 1. The minimum absolute atomic E-state index is 0.0955. The molecule has 0 aliphatic heterocycles. The third-order valence-corrected chi connectivity index (χ3v) is 4.15. The van der Waals surface area contributed by atoms with E-state index in [0.29, 0.717) is 36.8 Å². The smallest absolute Gasteiger partial charge is 0.239 e. The van der Waals surface area contributed by atoms with Crippen LogP contribution in [0.1, 0.15) is 38.4 Å². The second kappa shape index (κ2) is 8.29. The molecule has 1 aliphatic rings. The van der Waals surface area contributed by atoms with Crippen molar-refractivity contribution in [2.24, 2.45) is 5.92 Å². The number of carbonyl (C=O) groups excluding carboxylic acids is 1. The van der Waals surface area contributed by atoms with E-state index >= 15 is 0 Å². The topological polar surface area (TPSA) is 67.6 Å². The first-order valence-corrected chi connectivity index (χ1v) is 8.08. The van der Waals surface area contributed by atoms with Gasteiger partial charge in [0.2, 0.25) is 5.91 Å². The SMILES string of the molecule is Cc1cc(NC(=O)CN(C)CCO[C@@H]2CCCC[C@@H]2C)no1. The molecule has 2 rings (SSSR count). The Morgan fingerprint density at radius 3 is 2.95 bits per heavy atom. The Morgan fingerprint density at radius 1 is 1.50 bits per heavy atom. The van der Waals surface area contributed by atoms with E-state index in [9.17, 15) is 4.79 Å². The molecule has 1 N–H and O–H groups in total. The van der Waals surface area contributed by atoms with Gasteiger partial charge in [0.15, 0.2) is 5.82 Å². The first-order valence-electron chi connectivity index (χ1n) is 8.08. The van der Waals surface area contributed by atoms with E-state index in [1.807, 2.05) is 11.9 Å². The van der Waals surface area contributed by atoms with Crippen LogP contribution in [0.25, 0.3) is 0 Å². The molecular formula is C16H27N3O3. The first kappa shape index (κ1) is 17.0. The summed E-state index contributed by atoms with van der Waals surface area (Å²) in [6.45, 7) is 5.78. The average Bonchev–Trinajstić information content (AvgIpc) is 2.86. The lowest BCUT2D eigenvalue weighted by Gasteiger charge is -2.29. The Bertz CT molecular complexity index is 475. The van der Waals surface area contributed by atoms with Crippen molar-refractivity contribution in [1.82, 2.24) is 10.1 Å². The molecule has 22 heavy (non-hydrogen) atoms. The van der Waals surface area contributed by atoms with E-state index in [0.717, 1.165) is 13.0 Å². The molecule has 0 spiro atoms. The molecule has 0 aromatic carbocycles. The molecule has 0 saturated heterocycles. The molecule has 1 amide bonds. The van der Waals surface area contributed by atoms with Gasteiger partial charge in [0, 0.05) is 12.6 Å². The summed E-state index contributed by atoms with van der Waals surface area (Å²) in [6.07, 6.45) is 5.40. The summed E-state index contributed by atoms with van der Waals surface area (Å²) in [7, 11) is 1.92. The molecule has 1 heterocycles. The van der Waals surface area contributed by atoms with Crippen LogP contribution in [-0.2, 0) is 9.53 Å². The van der Waals surface area contributed by atoms with Crippen molar-refractivity contribution >= 4 is 11.7 Å². The van der Waals surface area contributed by atoms with Crippen LogP contribution in [0, 0.1) is 12.8 Å². The molecular weight excluding hydrogens is 282 g/mol. The van der Waals surface area contributed by atoms with Crippen molar-refractivity contribution in [2.45, 2.75) is 45.6 Å². The van der Waals surface area contributed by atoms with Gasteiger partial charge in [0.25, 0.3) is 0 Å². The predicted octanol–water partition coefficient (Wildman–Crippen LogP) is 2.45. The quantitative estimate of drug-likeness (QED) is 0.838. The summed E-state index contributed by atoms with van der Waals surface area (Å²) in [5, 5.41) is 6.46. The number of anilines is 1. The zero-order chi connectivity index (χ0) is 15.9. The molecule has 124 valence electrons. The predicted molar refractivity (Wildman–Crippen MR) is 84.7 cm³/mol. The zero-order valence-corrected chi connectivity index (χ0v) is 13.8. The molecule has 1 aromatic heterocycles. The molecule has 6 heteroatoms. The Kier molecular flexibility index (Phi) is 6.39. The van der Waals surface area contributed by atoms with E-state index in [-0.39, 0.29) is 5.91 Å². The number of hydrogen-bond acceptors (Lipinski definition) is 5. The lowest BCUT2D eigenvalue weighted by Crippen LogP contribution is -2.34. The molecule has 6 nitrogen and oxygen atoms in total. The highest BCUT2D eigenvalue weighted by molar-refractivity contribution is 5.91. The summed E-state index contributed by atoms with van der Waals surface area (Å²) >= 11 is 0. The fourth-order valence-corrected chi connectivity index (χ4v) is 2.82. The number of aromatic nitrogens is 1. The van der Waals surface area contributed by atoms with Gasteiger partial charge in [-0.2, -0.15) is 0 Å². The summed E-state index contributed by atoms with van der Waals surface area (Å²) in [4.78, 5) is 13.8. The van der Waals surface area contributed by atoms with Gasteiger partial charge in [-0.05, 0) is 32.7 Å². The van der Waals surface area contributed by atoms with Crippen molar-refractivity contribution in [3.05, 3.63) is 11.8 Å². The minimum atomic E-state index is -0.0955. The number of aryl methyl sites for hydroxylation is 1. The van der Waals surface area contributed by atoms with Crippen LogP contribution < -0.4 is 5.32 Å². The fourth-order valence-electron chi connectivity index (χ4n) is 2.82. The Hall–Kier alpha value is -1.40. The van der Waals surface area contributed by atoms with E-state index in [1.54, 1.807) is 13.0 Å². The standard InChI is InChI=1S/C16H27N3O3/c1-12-6-4-5-7-14(12)21-9-8-19(3)11-16(20)17-15-10-13(2)22-18-15/h10,12,14H,4-9,11H2,1-3H3,(H,17,18,20)/t12-,14+/m0/s1. The Morgan fingerprint density at radius 2 is 2.27 bits per heavy atom. The summed E-state index contributed by atoms with van der Waals surface area (Å²) < 4.78 is 10.9. The first-order chi connectivity index (χ1) is 10.5. The van der Waals surface area contributed by atoms with Gasteiger partial charge in [0.05, 0.1) is 19.3 Å².